The summed E-state index contributed by atoms with van der Waals surface area (Å²) in [4.78, 5) is 18.0. The summed E-state index contributed by atoms with van der Waals surface area (Å²) in [5.74, 6) is 0.503. The molecule has 0 bridgehead atoms. The average molecular weight is 389 g/mol. The van der Waals surface area contributed by atoms with Gasteiger partial charge in [0.1, 0.15) is 5.52 Å². The molecule has 0 aliphatic rings. The SMILES string of the molecule is CC(Sc1ccc(N)cc1)C(=O)Nc1ccc(-c2nc3ccccc3o2)cc1. The molecule has 28 heavy (non-hydrogen) atoms. The number of nitrogens with one attached hydrogen (secondary N) is 1. The Hall–Kier alpha value is -3.25. The zero-order valence-corrected chi connectivity index (χ0v) is 16.1. The lowest BCUT2D eigenvalue weighted by atomic mass is 10.2. The molecule has 6 heteroatoms. The highest BCUT2D eigenvalue weighted by Crippen LogP contribution is 2.27. The molecular weight excluding hydrogens is 370 g/mol. The average Bonchev–Trinajstić information content (AvgIpc) is 3.14. The minimum Gasteiger partial charge on any atom is -0.436 e. The molecule has 0 saturated heterocycles. The van der Waals surface area contributed by atoms with Crippen LogP contribution in [-0.4, -0.2) is 16.1 Å². The van der Waals surface area contributed by atoms with E-state index in [0.29, 0.717) is 11.6 Å². The number of rotatable bonds is 5. The molecule has 3 aromatic carbocycles. The van der Waals surface area contributed by atoms with Crippen LogP contribution in [0.15, 0.2) is 82.1 Å². The van der Waals surface area contributed by atoms with Gasteiger partial charge in [0.2, 0.25) is 11.8 Å². The summed E-state index contributed by atoms with van der Waals surface area (Å²) in [5.41, 5.74) is 9.57. The number of benzene rings is 3. The minimum absolute atomic E-state index is 0.0589. The van der Waals surface area contributed by atoms with E-state index in [9.17, 15) is 4.79 Å². The van der Waals surface area contributed by atoms with Crippen LogP contribution < -0.4 is 11.1 Å². The van der Waals surface area contributed by atoms with E-state index in [-0.39, 0.29) is 11.2 Å². The van der Waals surface area contributed by atoms with Crippen LogP contribution in [0.25, 0.3) is 22.6 Å². The number of para-hydroxylation sites is 2. The van der Waals surface area contributed by atoms with Gasteiger partial charge in [0.25, 0.3) is 0 Å². The molecule has 0 radical (unpaired) electrons. The third kappa shape index (κ3) is 4.02. The Labute approximate surface area is 167 Å². The first-order chi connectivity index (χ1) is 13.6. The van der Waals surface area contributed by atoms with Gasteiger partial charge in [-0.2, -0.15) is 0 Å². The second kappa shape index (κ2) is 7.78. The van der Waals surface area contributed by atoms with Gasteiger partial charge in [0.05, 0.1) is 5.25 Å². The summed E-state index contributed by atoms with van der Waals surface area (Å²) >= 11 is 1.49. The van der Waals surface area contributed by atoms with Crippen molar-refractivity contribution < 1.29 is 9.21 Å². The van der Waals surface area contributed by atoms with E-state index in [0.717, 1.165) is 27.2 Å². The predicted molar refractivity (Wildman–Crippen MR) is 114 cm³/mol. The number of thioether (sulfide) groups is 1. The molecule has 0 spiro atoms. The van der Waals surface area contributed by atoms with E-state index in [1.165, 1.54) is 11.8 Å². The van der Waals surface area contributed by atoms with Gasteiger partial charge >= 0.3 is 0 Å². The van der Waals surface area contributed by atoms with Gasteiger partial charge in [0, 0.05) is 21.8 Å². The van der Waals surface area contributed by atoms with Crippen molar-refractivity contribution in [3.8, 4) is 11.5 Å². The predicted octanol–water partition coefficient (Wildman–Crippen LogP) is 5.20. The van der Waals surface area contributed by atoms with Crippen molar-refractivity contribution >= 4 is 40.1 Å². The summed E-state index contributed by atoms with van der Waals surface area (Å²) in [6, 6.07) is 22.6. The normalized spacial score (nSPS) is 12.0. The minimum atomic E-state index is -0.236. The Morgan fingerprint density at radius 3 is 2.46 bits per heavy atom. The van der Waals surface area contributed by atoms with E-state index in [2.05, 4.69) is 10.3 Å². The fourth-order valence-electron chi connectivity index (χ4n) is 2.74. The van der Waals surface area contributed by atoms with Crippen molar-refractivity contribution in [2.24, 2.45) is 0 Å². The fraction of sp³-hybridized carbons (Fsp3) is 0.0909. The fourth-order valence-corrected chi connectivity index (χ4v) is 3.61. The molecule has 0 aliphatic heterocycles. The number of amides is 1. The molecule has 1 heterocycles. The summed E-state index contributed by atoms with van der Waals surface area (Å²) in [6.07, 6.45) is 0. The number of hydrogen-bond acceptors (Lipinski definition) is 5. The number of nitrogens with zero attached hydrogens (tertiary/aromatic N) is 1. The van der Waals surface area contributed by atoms with Gasteiger partial charge in [-0.3, -0.25) is 4.79 Å². The summed E-state index contributed by atoms with van der Waals surface area (Å²) in [6.45, 7) is 1.88. The molecule has 5 nitrogen and oxygen atoms in total. The van der Waals surface area contributed by atoms with Crippen molar-refractivity contribution in [2.75, 3.05) is 11.1 Å². The molecule has 140 valence electrons. The highest BCUT2D eigenvalue weighted by Gasteiger charge is 2.15. The van der Waals surface area contributed by atoms with Gasteiger partial charge in [-0.05, 0) is 67.6 Å². The number of oxazole rings is 1. The van der Waals surface area contributed by atoms with E-state index >= 15 is 0 Å². The van der Waals surface area contributed by atoms with Crippen LogP contribution in [0.2, 0.25) is 0 Å². The van der Waals surface area contributed by atoms with E-state index in [1.54, 1.807) is 0 Å². The zero-order chi connectivity index (χ0) is 19.5. The first kappa shape index (κ1) is 18.1. The molecule has 3 N–H and O–H groups in total. The van der Waals surface area contributed by atoms with Crippen LogP contribution in [0.3, 0.4) is 0 Å². The number of nitrogens with two attached hydrogens (primary N) is 1. The van der Waals surface area contributed by atoms with Crippen molar-refractivity contribution in [2.45, 2.75) is 17.1 Å². The Morgan fingerprint density at radius 2 is 1.75 bits per heavy atom. The maximum Gasteiger partial charge on any atom is 0.237 e. The Bertz CT molecular complexity index is 1070. The summed E-state index contributed by atoms with van der Waals surface area (Å²) in [7, 11) is 0. The van der Waals surface area contributed by atoms with Crippen LogP contribution in [0, 0.1) is 0 Å². The van der Waals surface area contributed by atoms with Gasteiger partial charge in [-0.25, -0.2) is 4.98 Å². The van der Waals surface area contributed by atoms with Crippen molar-refractivity contribution in [1.82, 2.24) is 4.98 Å². The van der Waals surface area contributed by atoms with E-state index in [4.69, 9.17) is 10.2 Å². The number of aromatic nitrogens is 1. The Kier molecular flexibility index (Phi) is 5.04. The van der Waals surface area contributed by atoms with Gasteiger partial charge in [0.15, 0.2) is 5.58 Å². The van der Waals surface area contributed by atoms with Gasteiger partial charge < -0.3 is 15.5 Å². The van der Waals surface area contributed by atoms with Gasteiger partial charge in [-0.15, -0.1) is 11.8 Å². The Morgan fingerprint density at radius 1 is 1.04 bits per heavy atom. The smallest absolute Gasteiger partial charge is 0.237 e. The van der Waals surface area contributed by atoms with Crippen molar-refractivity contribution in [3.05, 3.63) is 72.8 Å². The molecule has 4 aromatic rings. The molecule has 1 aromatic heterocycles. The third-order valence-electron chi connectivity index (χ3n) is 4.26. The highest BCUT2D eigenvalue weighted by molar-refractivity contribution is 8.00. The lowest BCUT2D eigenvalue weighted by Gasteiger charge is -2.12. The number of carbonyl (C=O) groups excluding carboxylic acids is 1. The number of anilines is 2. The first-order valence-corrected chi connectivity index (χ1v) is 9.75. The maximum absolute atomic E-state index is 12.5. The second-order valence-electron chi connectivity index (χ2n) is 6.38. The second-order valence-corrected chi connectivity index (χ2v) is 7.80. The largest absolute Gasteiger partial charge is 0.436 e. The maximum atomic E-state index is 12.5. The standard InChI is InChI=1S/C22H19N3O2S/c1-14(28-18-12-8-16(23)9-13-18)21(26)24-17-10-6-15(7-11-17)22-25-19-4-2-3-5-20(19)27-22/h2-14H,23H2,1H3,(H,24,26). The van der Waals surface area contributed by atoms with Gasteiger partial charge in [-0.1, -0.05) is 12.1 Å². The third-order valence-corrected chi connectivity index (χ3v) is 5.37. The molecule has 0 aliphatic carbocycles. The van der Waals surface area contributed by atoms with Crippen LogP contribution in [0.1, 0.15) is 6.92 Å². The molecular formula is C22H19N3O2S. The lowest BCUT2D eigenvalue weighted by Crippen LogP contribution is -2.22. The van der Waals surface area contributed by atoms with E-state index < -0.39 is 0 Å². The quantitative estimate of drug-likeness (QED) is 0.362. The van der Waals surface area contributed by atoms with Crippen LogP contribution in [-0.2, 0) is 4.79 Å². The highest BCUT2D eigenvalue weighted by atomic mass is 32.2. The number of fused-ring (bicyclic) bond motifs is 1. The van der Waals surface area contributed by atoms with Crippen LogP contribution in [0.5, 0.6) is 0 Å². The molecule has 1 atom stereocenters. The molecule has 0 fully saturated rings. The van der Waals surface area contributed by atoms with Crippen molar-refractivity contribution in [1.29, 1.82) is 0 Å². The molecule has 4 rings (SSSR count). The van der Waals surface area contributed by atoms with Crippen LogP contribution >= 0.6 is 11.8 Å². The zero-order valence-electron chi connectivity index (χ0n) is 15.3. The van der Waals surface area contributed by atoms with Crippen LogP contribution in [0.4, 0.5) is 11.4 Å². The van der Waals surface area contributed by atoms with E-state index in [1.807, 2.05) is 79.7 Å². The Balaban J connectivity index is 1.42. The monoisotopic (exact) mass is 389 g/mol. The summed E-state index contributed by atoms with van der Waals surface area (Å²) in [5, 5.41) is 2.71. The number of carbonyl (C=O) groups is 1. The lowest BCUT2D eigenvalue weighted by molar-refractivity contribution is -0.115. The molecule has 1 amide bonds. The molecule has 0 saturated carbocycles. The molecule has 1 unspecified atom stereocenters. The first-order valence-electron chi connectivity index (χ1n) is 8.87. The number of nitrogen functional groups attached to an aromatic ring is 1. The van der Waals surface area contributed by atoms with Crippen molar-refractivity contribution in [3.63, 3.8) is 0 Å². The summed E-state index contributed by atoms with van der Waals surface area (Å²) < 4.78 is 5.78. The number of hydrogen-bond donors (Lipinski definition) is 2. The topological polar surface area (TPSA) is 81.2 Å².